The largest absolute Gasteiger partial charge is 0.338 e. The zero-order chi connectivity index (χ0) is 7.72. The van der Waals surface area contributed by atoms with Gasteiger partial charge >= 0.3 is 0 Å². The Morgan fingerprint density at radius 2 is 2.20 bits per heavy atom. The summed E-state index contributed by atoms with van der Waals surface area (Å²) < 4.78 is 0. The van der Waals surface area contributed by atoms with Crippen molar-refractivity contribution in [3.63, 3.8) is 0 Å². The molecule has 0 aliphatic carbocycles. The molecular formula is C8H15NO. The van der Waals surface area contributed by atoms with Crippen LogP contribution in [0.25, 0.3) is 0 Å². The summed E-state index contributed by atoms with van der Waals surface area (Å²) in [4.78, 5) is 13.1. The second kappa shape index (κ2) is 2.60. The molecule has 0 saturated carbocycles. The molecule has 1 rings (SSSR count). The van der Waals surface area contributed by atoms with E-state index in [1.54, 1.807) is 0 Å². The highest BCUT2D eigenvalue weighted by molar-refractivity contribution is 5.78. The molecule has 0 bridgehead atoms. The van der Waals surface area contributed by atoms with Gasteiger partial charge in [0.1, 0.15) is 0 Å². The maximum atomic E-state index is 11.2. The molecular weight excluding hydrogens is 126 g/mol. The van der Waals surface area contributed by atoms with Gasteiger partial charge in [0.25, 0.3) is 0 Å². The van der Waals surface area contributed by atoms with Crippen molar-refractivity contribution in [3.05, 3.63) is 0 Å². The summed E-state index contributed by atoms with van der Waals surface area (Å²) in [6.07, 6.45) is 1.79. The van der Waals surface area contributed by atoms with E-state index in [1.807, 2.05) is 4.90 Å². The standard InChI is InChI=1S/C8H15NO/c1-6(2)9-7(3)4-5-8(9)10/h6-7H,4-5H2,1-3H3/t7-/m1/s1. The van der Waals surface area contributed by atoms with E-state index in [-0.39, 0.29) is 0 Å². The Balaban J connectivity index is 2.63. The van der Waals surface area contributed by atoms with Crippen molar-refractivity contribution in [1.82, 2.24) is 4.90 Å². The van der Waals surface area contributed by atoms with Crippen molar-refractivity contribution in [2.75, 3.05) is 0 Å². The van der Waals surface area contributed by atoms with Crippen LogP contribution in [0.15, 0.2) is 0 Å². The van der Waals surface area contributed by atoms with Gasteiger partial charge in [-0.15, -0.1) is 0 Å². The van der Waals surface area contributed by atoms with Crippen LogP contribution in [0.4, 0.5) is 0 Å². The van der Waals surface area contributed by atoms with Crippen molar-refractivity contribution in [2.45, 2.75) is 45.7 Å². The van der Waals surface area contributed by atoms with Crippen LogP contribution in [0, 0.1) is 0 Å². The van der Waals surface area contributed by atoms with E-state index in [4.69, 9.17) is 0 Å². The Hall–Kier alpha value is -0.530. The summed E-state index contributed by atoms with van der Waals surface area (Å²) in [5.41, 5.74) is 0. The smallest absolute Gasteiger partial charge is 0.223 e. The number of carbonyl (C=O) groups excluding carboxylic acids is 1. The summed E-state index contributed by atoms with van der Waals surface area (Å²) in [6, 6.07) is 0.845. The van der Waals surface area contributed by atoms with Gasteiger partial charge in [0.15, 0.2) is 0 Å². The van der Waals surface area contributed by atoms with Crippen LogP contribution in [0.2, 0.25) is 0 Å². The first-order valence-corrected chi connectivity index (χ1v) is 3.94. The van der Waals surface area contributed by atoms with E-state index in [0.717, 1.165) is 12.8 Å². The van der Waals surface area contributed by atoms with E-state index in [0.29, 0.717) is 18.0 Å². The Bertz CT molecular complexity index is 142. The molecule has 0 aromatic carbocycles. The molecule has 1 amide bonds. The van der Waals surface area contributed by atoms with Crippen LogP contribution in [0.3, 0.4) is 0 Å². The van der Waals surface area contributed by atoms with Crippen LogP contribution in [0.5, 0.6) is 0 Å². The minimum absolute atomic E-state index is 0.322. The van der Waals surface area contributed by atoms with Crippen molar-refractivity contribution >= 4 is 5.91 Å². The van der Waals surface area contributed by atoms with Gasteiger partial charge in [0.05, 0.1) is 0 Å². The number of nitrogens with zero attached hydrogens (tertiary/aromatic N) is 1. The number of rotatable bonds is 1. The summed E-state index contributed by atoms with van der Waals surface area (Å²) in [6.45, 7) is 6.25. The van der Waals surface area contributed by atoms with Crippen LogP contribution >= 0.6 is 0 Å². The highest BCUT2D eigenvalue weighted by Crippen LogP contribution is 2.20. The average Bonchev–Trinajstić information content (AvgIpc) is 2.11. The molecule has 0 unspecified atom stereocenters. The van der Waals surface area contributed by atoms with E-state index in [1.165, 1.54) is 0 Å². The molecule has 0 N–H and O–H groups in total. The molecule has 58 valence electrons. The molecule has 0 spiro atoms. The SMILES string of the molecule is CC(C)N1C(=O)CC[C@H]1C. The van der Waals surface area contributed by atoms with Gasteiger partial charge in [-0.2, -0.15) is 0 Å². The maximum Gasteiger partial charge on any atom is 0.223 e. The quantitative estimate of drug-likeness (QED) is 0.540. The molecule has 0 radical (unpaired) electrons. The molecule has 0 aromatic rings. The molecule has 1 aliphatic rings. The van der Waals surface area contributed by atoms with Gasteiger partial charge in [-0.05, 0) is 27.2 Å². The highest BCUT2D eigenvalue weighted by atomic mass is 16.2. The van der Waals surface area contributed by atoms with E-state index < -0.39 is 0 Å². The molecule has 0 aromatic heterocycles. The third-order valence-electron chi connectivity index (χ3n) is 2.10. The van der Waals surface area contributed by atoms with Crippen molar-refractivity contribution in [1.29, 1.82) is 0 Å². The molecule has 1 saturated heterocycles. The van der Waals surface area contributed by atoms with Gasteiger partial charge in [0.2, 0.25) is 5.91 Å². The molecule has 1 heterocycles. The van der Waals surface area contributed by atoms with Crippen molar-refractivity contribution in [3.8, 4) is 0 Å². The Kier molecular flexibility index (Phi) is 1.97. The topological polar surface area (TPSA) is 20.3 Å². The Labute approximate surface area is 62.2 Å². The second-order valence-electron chi connectivity index (χ2n) is 3.28. The molecule has 10 heavy (non-hydrogen) atoms. The minimum atomic E-state index is 0.322. The number of hydrogen-bond acceptors (Lipinski definition) is 1. The van der Waals surface area contributed by atoms with Crippen LogP contribution in [-0.2, 0) is 4.79 Å². The summed E-state index contributed by atoms with van der Waals surface area (Å²) in [5.74, 6) is 0.322. The predicted molar refractivity (Wildman–Crippen MR) is 40.7 cm³/mol. The lowest BCUT2D eigenvalue weighted by molar-refractivity contribution is -0.130. The zero-order valence-corrected chi connectivity index (χ0v) is 6.92. The fraction of sp³-hybridized carbons (Fsp3) is 0.875. The fourth-order valence-electron chi connectivity index (χ4n) is 1.64. The molecule has 2 nitrogen and oxygen atoms in total. The van der Waals surface area contributed by atoms with E-state index in [9.17, 15) is 4.79 Å². The van der Waals surface area contributed by atoms with E-state index in [2.05, 4.69) is 20.8 Å². The van der Waals surface area contributed by atoms with Crippen LogP contribution < -0.4 is 0 Å². The third-order valence-corrected chi connectivity index (χ3v) is 2.10. The third kappa shape index (κ3) is 1.15. The molecule has 1 aliphatic heterocycles. The summed E-state index contributed by atoms with van der Waals surface area (Å²) in [5, 5.41) is 0. The van der Waals surface area contributed by atoms with Crippen LogP contribution in [0.1, 0.15) is 33.6 Å². The Morgan fingerprint density at radius 1 is 1.60 bits per heavy atom. The maximum absolute atomic E-state index is 11.2. The number of likely N-dealkylation sites (tertiary alicyclic amines) is 1. The normalized spacial score (nSPS) is 26.6. The van der Waals surface area contributed by atoms with Gasteiger partial charge in [0, 0.05) is 18.5 Å². The van der Waals surface area contributed by atoms with E-state index >= 15 is 0 Å². The first-order valence-electron chi connectivity index (χ1n) is 3.94. The first kappa shape index (κ1) is 7.58. The van der Waals surface area contributed by atoms with Gasteiger partial charge in [-0.1, -0.05) is 0 Å². The lowest BCUT2D eigenvalue weighted by Crippen LogP contribution is -2.36. The second-order valence-corrected chi connectivity index (χ2v) is 3.28. The van der Waals surface area contributed by atoms with Gasteiger partial charge < -0.3 is 4.90 Å². The highest BCUT2D eigenvalue weighted by Gasteiger charge is 2.28. The first-order chi connectivity index (χ1) is 4.63. The van der Waals surface area contributed by atoms with Gasteiger partial charge in [-0.3, -0.25) is 4.79 Å². The summed E-state index contributed by atoms with van der Waals surface area (Å²) in [7, 11) is 0. The van der Waals surface area contributed by atoms with Gasteiger partial charge in [-0.25, -0.2) is 0 Å². The molecule has 1 fully saturated rings. The number of carbonyl (C=O) groups is 1. The zero-order valence-electron chi connectivity index (χ0n) is 6.92. The number of hydrogen-bond donors (Lipinski definition) is 0. The van der Waals surface area contributed by atoms with Crippen molar-refractivity contribution < 1.29 is 4.79 Å². The predicted octanol–water partition coefficient (Wildman–Crippen LogP) is 1.41. The molecule has 1 atom stereocenters. The lowest BCUT2D eigenvalue weighted by atomic mass is 10.2. The Morgan fingerprint density at radius 3 is 2.40 bits per heavy atom. The van der Waals surface area contributed by atoms with Crippen molar-refractivity contribution in [2.24, 2.45) is 0 Å². The fourth-order valence-corrected chi connectivity index (χ4v) is 1.64. The average molecular weight is 141 g/mol. The molecule has 2 heteroatoms. The monoisotopic (exact) mass is 141 g/mol. The minimum Gasteiger partial charge on any atom is -0.338 e. The lowest BCUT2D eigenvalue weighted by Gasteiger charge is -2.25. The summed E-state index contributed by atoms with van der Waals surface area (Å²) >= 11 is 0. The number of amides is 1. The van der Waals surface area contributed by atoms with Crippen LogP contribution in [-0.4, -0.2) is 22.9 Å².